The van der Waals surface area contributed by atoms with Gasteiger partial charge in [0.25, 0.3) is 0 Å². The zero-order valence-corrected chi connectivity index (χ0v) is 6.40. The van der Waals surface area contributed by atoms with Crippen molar-refractivity contribution in [2.75, 3.05) is 0 Å². The van der Waals surface area contributed by atoms with Gasteiger partial charge in [0.15, 0.2) is 0 Å². The molecule has 1 aromatic heterocycles. The highest BCUT2D eigenvalue weighted by atomic mass is 32.2. The lowest BCUT2D eigenvalue weighted by molar-refractivity contribution is 0.620. The number of aromatic nitrogens is 1. The predicted octanol–water partition coefficient (Wildman–Crippen LogP) is 0.00440. The quantitative estimate of drug-likeness (QED) is 0.442. The first-order chi connectivity index (χ1) is 5.27. The van der Waals surface area contributed by atoms with E-state index < -0.39 is 10.5 Å². The van der Waals surface area contributed by atoms with E-state index in [0.29, 0.717) is 0 Å². The first kappa shape index (κ1) is 9.73. The molecule has 0 aliphatic heterocycles. The lowest BCUT2D eigenvalue weighted by atomic mass is 10.5. The van der Waals surface area contributed by atoms with Gasteiger partial charge in [-0.25, -0.2) is 5.84 Å². The lowest BCUT2D eigenvalue weighted by Crippen LogP contribution is -1.73. The lowest BCUT2D eigenvalue weighted by Gasteiger charge is -1.70. The van der Waals surface area contributed by atoms with Gasteiger partial charge in [0, 0.05) is 12.4 Å². The summed E-state index contributed by atoms with van der Waals surface area (Å²) in [5.41, 5.74) is 0. The molecule has 11 heavy (non-hydrogen) atoms. The third-order valence-electron chi connectivity index (χ3n) is 0.653. The van der Waals surface area contributed by atoms with Gasteiger partial charge in [-0.1, -0.05) is 10.5 Å². The van der Waals surface area contributed by atoms with Crippen molar-refractivity contribution < 1.29 is 8.42 Å². The molecule has 60 valence electrons. The molecule has 0 aliphatic carbocycles. The van der Waals surface area contributed by atoms with Gasteiger partial charge in [-0.2, -0.15) is 8.42 Å². The van der Waals surface area contributed by atoms with Crippen LogP contribution in [0.5, 0.6) is 0 Å². The minimum Gasteiger partial charge on any atom is -0.265 e. The Morgan fingerprint density at radius 1 is 1.18 bits per heavy atom. The highest BCUT2D eigenvalue weighted by Crippen LogP contribution is 1.73. The van der Waals surface area contributed by atoms with Crippen LogP contribution in [0.25, 0.3) is 0 Å². The summed E-state index contributed by atoms with van der Waals surface area (Å²) in [6.45, 7) is 0. The molecule has 1 rings (SSSR count). The second-order valence-electron chi connectivity index (χ2n) is 1.35. The monoisotopic (exact) mass is 173 g/mol. The van der Waals surface area contributed by atoms with Crippen molar-refractivity contribution in [3.63, 3.8) is 0 Å². The van der Waals surface area contributed by atoms with E-state index in [1.54, 1.807) is 12.4 Å². The van der Waals surface area contributed by atoms with E-state index in [0.717, 1.165) is 0 Å². The van der Waals surface area contributed by atoms with E-state index in [1.165, 1.54) is 0 Å². The highest BCUT2D eigenvalue weighted by Gasteiger charge is 1.58. The van der Waals surface area contributed by atoms with E-state index in [1.807, 2.05) is 18.2 Å². The number of rotatable bonds is 0. The van der Waals surface area contributed by atoms with Crippen molar-refractivity contribution in [3.8, 4) is 0 Å². The SMILES string of the molecule is NN=S(=O)=O.c1ccncc1. The maximum absolute atomic E-state index is 9.08. The van der Waals surface area contributed by atoms with Crippen molar-refractivity contribution in [3.05, 3.63) is 30.6 Å². The van der Waals surface area contributed by atoms with Gasteiger partial charge < -0.3 is 0 Å². The Kier molecular flexibility index (Phi) is 6.05. The molecule has 0 aliphatic rings. The summed E-state index contributed by atoms with van der Waals surface area (Å²) in [4.78, 5) is 3.78. The van der Waals surface area contributed by atoms with Crippen molar-refractivity contribution >= 4 is 10.5 Å². The summed E-state index contributed by atoms with van der Waals surface area (Å²) in [5, 5.41) is 0. The number of pyridine rings is 1. The summed E-state index contributed by atoms with van der Waals surface area (Å²) >= 11 is 0. The Labute approximate surface area is 65.6 Å². The molecular formula is C5H7N3O2S. The third-order valence-corrected chi connectivity index (χ3v) is 0.825. The smallest absolute Gasteiger partial charge is 0.265 e. The van der Waals surface area contributed by atoms with Gasteiger partial charge in [0.1, 0.15) is 0 Å². The average Bonchev–Trinajstić information content (AvgIpc) is 2.09. The van der Waals surface area contributed by atoms with Crippen LogP contribution in [0.3, 0.4) is 0 Å². The van der Waals surface area contributed by atoms with Crippen LogP contribution in [-0.4, -0.2) is 13.4 Å². The second kappa shape index (κ2) is 6.84. The summed E-state index contributed by atoms with van der Waals surface area (Å²) in [5.74, 6) is 4.18. The van der Waals surface area contributed by atoms with Gasteiger partial charge in [-0.05, 0) is 12.1 Å². The molecule has 0 radical (unpaired) electrons. The van der Waals surface area contributed by atoms with E-state index in [9.17, 15) is 0 Å². The molecule has 0 spiro atoms. The molecular weight excluding hydrogens is 166 g/mol. The normalized spacial score (nSPS) is 7.36. The number of nitrogens with zero attached hydrogens (tertiary/aromatic N) is 2. The van der Waals surface area contributed by atoms with Crippen LogP contribution in [0.15, 0.2) is 35.1 Å². The van der Waals surface area contributed by atoms with Gasteiger partial charge in [-0.15, -0.1) is 0 Å². The molecule has 1 heterocycles. The zero-order valence-electron chi connectivity index (χ0n) is 5.58. The van der Waals surface area contributed by atoms with Crippen molar-refractivity contribution in [2.24, 2.45) is 10.3 Å². The van der Waals surface area contributed by atoms with Crippen LogP contribution in [-0.2, 0) is 10.5 Å². The van der Waals surface area contributed by atoms with Crippen molar-refractivity contribution in [2.45, 2.75) is 0 Å². The van der Waals surface area contributed by atoms with Crippen LogP contribution < -0.4 is 5.84 Å². The van der Waals surface area contributed by atoms with Gasteiger partial charge in [0.2, 0.25) is 0 Å². The molecule has 0 amide bonds. The average molecular weight is 173 g/mol. The predicted molar refractivity (Wildman–Crippen MR) is 39.8 cm³/mol. The minimum atomic E-state index is -2.42. The van der Waals surface area contributed by atoms with Gasteiger partial charge in [-0.3, -0.25) is 4.98 Å². The van der Waals surface area contributed by atoms with Crippen molar-refractivity contribution in [1.29, 1.82) is 0 Å². The molecule has 0 atom stereocenters. The van der Waals surface area contributed by atoms with Crippen molar-refractivity contribution in [1.82, 2.24) is 4.98 Å². The Morgan fingerprint density at radius 3 is 1.73 bits per heavy atom. The molecule has 0 fully saturated rings. The highest BCUT2D eigenvalue weighted by molar-refractivity contribution is 7.61. The molecule has 2 N–H and O–H groups in total. The molecule has 1 aromatic rings. The largest absolute Gasteiger partial charge is 0.327 e. The van der Waals surface area contributed by atoms with Crippen LogP contribution in [0, 0.1) is 0 Å². The van der Waals surface area contributed by atoms with Gasteiger partial charge >= 0.3 is 10.5 Å². The summed E-state index contributed by atoms with van der Waals surface area (Å²) in [6.07, 6.45) is 3.50. The summed E-state index contributed by atoms with van der Waals surface area (Å²) in [6, 6.07) is 5.72. The first-order valence-corrected chi connectivity index (χ1v) is 3.66. The molecule has 0 saturated carbocycles. The van der Waals surface area contributed by atoms with E-state index >= 15 is 0 Å². The molecule has 5 nitrogen and oxygen atoms in total. The maximum atomic E-state index is 9.08. The fourth-order valence-corrected chi connectivity index (χ4v) is 0.313. The molecule has 0 unspecified atom stereocenters. The summed E-state index contributed by atoms with van der Waals surface area (Å²) in [7, 11) is -2.42. The van der Waals surface area contributed by atoms with Crippen LogP contribution in [0.2, 0.25) is 0 Å². The van der Waals surface area contributed by atoms with Crippen LogP contribution in [0.4, 0.5) is 0 Å². The van der Waals surface area contributed by atoms with Gasteiger partial charge in [0.05, 0.1) is 0 Å². The van der Waals surface area contributed by atoms with E-state index in [-0.39, 0.29) is 0 Å². The Balaban J connectivity index is 0.000000187. The van der Waals surface area contributed by atoms with Crippen LogP contribution in [0.1, 0.15) is 0 Å². The first-order valence-electron chi connectivity index (χ1n) is 2.62. The minimum absolute atomic E-state index is 1.75. The Morgan fingerprint density at radius 2 is 1.64 bits per heavy atom. The second-order valence-corrected chi connectivity index (χ2v) is 1.99. The standard InChI is InChI=1S/C5H5N.H2N2O2S/c1-2-4-6-5-3-1;1-2-5(3)4/h1-5H;1H2. The zero-order chi connectivity index (χ0) is 8.53. The number of nitrogens with two attached hydrogens (primary N) is 1. The van der Waals surface area contributed by atoms with E-state index in [4.69, 9.17) is 8.42 Å². The Hall–Kier alpha value is -1.27. The Bertz CT molecular complexity index is 260. The maximum Gasteiger partial charge on any atom is 0.327 e. The summed E-state index contributed by atoms with van der Waals surface area (Å²) < 4.78 is 20.5. The van der Waals surface area contributed by atoms with Crippen LogP contribution >= 0.6 is 0 Å². The molecule has 0 saturated heterocycles. The molecule has 0 aromatic carbocycles. The molecule has 0 bridgehead atoms. The topological polar surface area (TPSA) is 85.4 Å². The fourth-order valence-electron chi connectivity index (χ4n) is 0.313. The third kappa shape index (κ3) is 8.73. The van der Waals surface area contributed by atoms with E-state index in [2.05, 4.69) is 15.3 Å². The molecule has 6 heteroatoms. The number of hydrogen-bond acceptors (Lipinski definition) is 4. The number of hydrogen-bond donors (Lipinski definition) is 1. The fraction of sp³-hybridized carbons (Fsp3) is 0.